The first-order valence-electron chi connectivity index (χ1n) is 15.2. The van der Waals surface area contributed by atoms with Gasteiger partial charge in [0.05, 0.1) is 50.2 Å². The highest BCUT2D eigenvalue weighted by Gasteiger charge is 2.56. The average Bonchev–Trinajstić information content (AvgIpc) is 3.70. The minimum atomic E-state index is -1.71. The molecule has 19 heteroatoms. The molecule has 17 atom stereocenters. The van der Waals surface area contributed by atoms with E-state index < -0.39 is 110 Å². The highest BCUT2D eigenvalue weighted by molar-refractivity contribution is 7.93. The molecule has 2 saturated heterocycles. The second kappa shape index (κ2) is 21.6. The van der Waals surface area contributed by atoms with Crippen LogP contribution in [0.3, 0.4) is 0 Å². The summed E-state index contributed by atoms with van der Waals surface area (Å²) in [5.41, 5.74) is 0.309. The standard InChI is InChI=1S/C24H41NO15.C2H6.CH4OS.CH4O/c1-7-12(25-10-3-8(6-36-2)13(28)17(32)15(10)30)16(31)19(34)23(37-7)40-22-11(5-27)38-24(20(35)18(22)33)39-21-9(4-26)14(21)29;1-2;1-3-2;1-2/h3,7,9-35H,4-6H2,1-2H3;1-2H3;2H,1H3;2H,1H3/t7?,9?,10-,11?,12?,13+,14?,15-,16?,17-,18?,19?,20?,21?,22?,23?,24?;;;/m0.../s1. The Bertz CT molecular complexity index is 892. The van der Waals surface area contributed by atoms with Gasteiger partial charge in [0, 0.05) is 26.4 Å². The van der Waals surface area contributed by atoms with Crippen LogP contribution in [0.25, 0.3) is 0 Å². The van der Waals surface area contributed by atoms with Gasteiger partial charge in [-0.1, -0.05) is 19.9 Å². The number of nitrogens with one attached hydrogen (secondary N) is 1. The zero-order chi connectivity index (χ0) is 36.2. The molecule has 1 saturated carbocycles. The van der Waals surface area contributed by atoms with Gasteiger partial charge in [0.25, 0.3) is 0 Å². The zero-order valence-electron chi connectivity index (χ0n) is 27.3. The number of aliphatic hydroxyl groups is 11. The lowest BCUT2D eigenvalue weighted by atomic mass is 9.86. The Morgan fingerprint density at radius 1 is 0.766 bits per heavy atom. The molecule has 0 amide bonds. The molecule has 0 bridgehead atoms. The number of hydrogen-bond donors (Lipinski definition) is 13. The Morgan fingerprint density at radius 2 is 1.30 bits per heavy atom. The van der Waals surface area contributed by atoms with Crippen LogP contribution in [0.5, 0.6) is 0 Å². The van der Waals surface area contributed by atoms with Crippen molar-refractivity contribution in [2.24, 2.45) is 5.92 Å². The van der Waals surface area contributed by atoms with Gasteiger partial charge in [-0.05, 0) is 24.5 Å². The highest BCUT2D eigenvalue weighted by Crippen LogP contribution is 2.38. The molecule has 13 N–H and O–H groups in total. The SMILES string of the molecule is CC.CO.COCC1=C[C@H](NC2C(C)OC(OC3C(CO)OC(OC4C(O)C4CO)C(O)C3O)C(O)C2O)[C@H](O)[C@@H](O)[C@@H]1O.CSO. The maximum atomic E-state index is 10.9. The molecule has 0 spiro atoms. The second-order valence-corrected chi connectivity index (χ2v) is 11.3. The van der Waals surface area contributed by atoms with Crippen molar-refractivity contribution in [3.8, 4) is 0 Å². The lowest BCUT2D eigenvalue weighted by molar-refractivity contribution is -0.352. The van der Waals surface area contributed by atoms with E-state index in [0.29, 0.717) is 5.57 Å². The topological polar surface area (TPSA) is 301 Å². The molecule has 0 radical (unpaired) electrons. The van der Waals surface area contributed by atoms with Crippen LogP contribution in [0.1, 0.15) is 20.8 Å². The lowest BCUT2D eigenvalue weighted by Gasteiger charge is -2.47. The number of ether oxygens (including phenoxy) is 5. The lowest BCUT2D eigenvalue weighted by Crippen LogP contribution is -2.68. The van der Waals surface area contributed by atoms with Crippen LogP contribution in [-0.4, -0.2) is 199 Å². The van der Waals surface area contributed by atoms with Crippen LogP contribution in [0, 0.1) is 5.92 Å². The minimum Gasteiger partial charge on any atom is -0.400 e. The van der Waals surface area contributed by atoms with Crippen molar-refractivity contribution in [3.63, 3.8) is 0 Å². The predicted molar refractivity (Wildman–Crippen MR) is 165 cm³/mol. The first kappa shape index (κ1) is 44.4. The Morgan fingerprint density at radius 3 is 1.81 bits per heavy atom. The monoisotopic (exact) mass is 709 g/mol. The summed E-state index contributed by atoms with van der Waals surface area (Å²) in [5.74, 6) is -0.574. The van der Waals surface area contributed by atoms with Gasteiger partial charge < -0.3 is 89.7 Å². The molecule has 4 aliphatic rings. The summed E-state index contributed by atoms with van der Waals surface area (Å²) >= 11 is 0.750. The largest absolute Gasteiger partial charge is 0.400 e. The predicted octanol–water partition coefficient (Wildman–Crippen LogP) is -4.90. The quantitative estimate of drug-likeness (QED) is 0.0747. The summed E-state index contributed by atoms with van der Waals surface area (Å²) in [5, 5.41) is 113. The van der Waals surface area contributed by atoms with Crippen molar-refractivity contribution >= 4 is 12.0 Å². The minimum absolute atomic E-state index is 0.0141. The van der Waals surface area contributed by atoms with E-state index in [1.54, 1.807) is 6.26 Å². The van der Waals surface area contributed by atoms with E-state index in [9.17, 15) is 51.1 Å². The zero-order valence-corrected chi connectivity index (χ0v) is 28.1. The summed E-state index contributed by atoms with van der Waals surface area (Å²) < 4.78 is 34.9. The molecule has 4 rings (SSSR count). The van der Waals surface area contributed by atoms with E-state index in [1.165, 1.54) is 20.1 Å². The van der Waals surface area contributed by atoms with E-state index in [0.717, 1.165) is 19.2 Å². The smallest absolute Gasteiger partial charge is 0.187 e. The van der Waals surface area contributed by atoms with Crippen molar-refractivity contribution in [1.29, 1.82) is 0 Å². The van der Waals surface area contributed by atoms with Gasteiger partial charge in [0.1, 0.15) is 54.9 Å². The summed E-state index contributed by atoms with van der Waals surface area (Å²) in [4.78, 5) is 0. The first-order valence-corrected chi connectivity index (χ1v) is 16.4. The van der Waals surface area contributed by atoms with Gasteiger partial charge >= 0.3 is 0 Å². The summed E-state index contributed by atoms with van der Waals surface area (Å²) in [6.45, 7) is 4.48. The second-order valence-electron chi connectivity index (χ2n) is 10.9. The van der Waals surface area contributed by atoms with E-state index in [1.807, 2.05) is 13.8 Å². The third-order valence-electron chi connectivity index (χ3n) is 8.03. The molecule has 2 heterocycles. The highest BCUT2D eigenvalue weighted by atomic mass is 32.2. The molecule has 0 aromatic carbocycles. The molecule has 13 unspecified atom stereocenters. The van der Waals surface area contributed by atoms with Crippen LogP contribution >= 0.6 is 12.0 Å². The summed E-state index contributed by atoms with van der Waals surface area (Å²) in [6, 6.07) is -1.94. The fraction of sp³-hybridized carbons (Fsp3) is 0.929. The van der Waals surface area contributed by atoms with Crippen LogP contribution in [0.15, 0.2) is 11.6 Å². The van der Waals surface area contributed by atoms with E-state index in [2.05, 4.69) is 5.32 Å². The molecule has 2 aliphatic carbocycles. The molecule has 2 aliphatic heterocycles. The van der Waals surface area contributed by atoms with Gasteiger partial charge in [-0.25, -0.2) is 0 Å². The van der Waals surface area contributed by atoms with Crippen molar-refractivity contribution in [1.82, 2.24) is 5.32 Å². The maximum absolute atomic E-state index is 10.9. The number of methoxy groups -OCH3 is 1. The number of aliphatic hydroxyl groups excluding tert-OH is 11. The first-order chi connectivity index (χ1) is 22.4. The van der Waals surface area contributed by atoms with Crippen molar-refractivity contribution < 1.29 is 84.4 Å². The molecule has 280 valence electrons. The third-order valence-corrected chi connectivity index (χ3v) is 8.03. The van der Waals surface area contributed by atoms with Gasteiger partial charge in [0.15, 0.2) is 12.6 Å². The molecular formula is C28H55NO17S. The normalized spacial score (nSPS) is 44.4. The van der Waals surface area contributed by atoms with Gasteiger partial charge in [-0.3, -0.25) is 0 Å². The van der Waals surface area contributed by atoms with Gasteiger partial charge in [-0.15, -0.1) is 0 Å². The fourth-order valence-corrected chi connectivity index (χ4v) is 5.45. The third kappa shape index (κ3) is 10.9. The fourth-order valence-electron chi connectivity index (χ4n) is 5.45. The number of hydrogen-bond acceptors (Lipinski definition) is 19. The Balaban J connectivity index is 0.00000146. The van der Waals surface area contributed by atoms with Gasteiger partial charge in [0.2, 0.25) is 0 Å². The van der Waals surface area contributed by atoms with Crippen LogP contribution < -0.4 is 5.32 Å². The van der Waals surface area contributed by atoms with Crippen LogP contribution in [0.2, 0.25) is 0 Å². The molecule has 0 aromatic rings. The van der Waals surface area contributed by atoms with Crippen molar-refractivity contribution in [2.75, 3.05) is 40.3 Å². The Hall–Kier alpha value is -0.630. The van der Waals surface area contributed by atoms with E-state index in [4.69, 9.17) is 33.3 Å². The summed E-state index contributed by atoms with van der Waals surface area (Å²) in [7, 11) is 2.40. The van der Waals surface area contributed by atoms with Crippen molar-refractivity contribution in [2.45, 2.75) is 119 Å². The summed E-state index contributed by atoms with van der Waals surface area (Å²) in [6.07, 6.45) is -16.3. The molecule has 3 fully saturated rings. The molecule has 18 nitrogen and oxygen atoms in total. The van der Waals surface area contributed by atoms with E-state index in [-0.39, 0.29) is 13.2 Å². The van der Waals surface area contributed by atoms with Gasteiger partial charge in [-0.2, -0.15) is 0 Å². The molecule has 47 heavy (non-hydrogen) atoms. The van der Waals surface area contributed by atoms with Crippen molar-refractivity contribution in [3.05, 3.63) is 11.6 Å². The van der Waals surface area contributed by atoms with Crippen LogP contribution in [-0.2, 0) is 23.7 Å². The number of rotatable bonds is 10. The average molecular weight is 710 g/mol. The van der Waals surface area contributed by atoms with E-state index >= 15 is 0 Å². The maximum Gasteiger partial charge on any atom is 0.187 e. The molecular weight excluding hydrogens is 654 g/mol. The molecule has 0 aromatic heterocycles. The Labute approximate surface area is 278 Å². The Kier molecular flexibility index (Phi) is 20.4. The van der Waals surface area contributed by atoms with Crippen LogP contribution in [0.4, 0.5) is 0 Å².